The summed E-state index contributed by atoms with van der Waals surface area (Å²) in [7, 11) is 0. The molecule has 7 heterocycles. The van der Waals surface area contributed by atoms with Gasteiger partial charge in [-0.1, -0.05) is 18.6 Å². The molecule has 1 amide bonds. The predicted octanol–water partition coefficient (Wildman–Crippen LogP) is 6.20. The molecule has 0 spiro atoms. The number of hydrogen-bond acceptors (Lipinski definition) is 8. The van der Waals surface area contributed by atoms with Gasteiger partial charge in [-0.15, -0.1) is 0 Å². The van der Waals surface area contributed by atoms with E-state index < -0.39 is 42.1 Å². The van der Waals surface area contributed by atoms with Crippen LogP contribution in [-0.4, -0.2) is 73.2 Å². The lowest BCUT2D eigenvalue weighted by molar-refractivity contribution is -0.138. The van der Waals surface area contributed by atoms with E-state index in [2.05, 4.69) is 9.97 Å². The smallest absolute Gasteiger partial charge is 0.326 e. The highest BCUT2D eigenvalue weighted by Crippen LogP contribution is 2.41. The Morgan fingerprint density at radius 1 is 1.02 bits per heavy atom. The molecule has 0 radical (unpaired) electrons. The number of carboxylic acids is 1. The second kappa shape index (κ2) is 11.7. The normalized spacial score (nSPS) is 22.4. The molecule has 2 atom stereocenters. The maximum atomic E-state index is 15.9. The minimum atomic E-state index is -3.47. The lowest BCUT2D eigenvalue weighted by Gasteiger charge is -2.33. The molecule has 2 saturated heterocycles. The number of carbonyl (C=O) groups excluding carboxylic acids is 1. The van der Waals surface area contributed by atoms with Gasteiger partial charge in [-0.2, -0.15) is 13.8 Å². The molecular weight excluding hydrogens is 629 g/mol. The lowest BCUT2D eigenvalue weighted by Crippen LogP contribution is -2.39. The molecule has 6 bridgehead atoms. The van der Waals surface area contributed by atoms with Crippen LogP contribution in [0.2, 0.25) is 0 Å². The van der Waals surface area contributed by atoms with Crippen molar-refractivity contribution in [3.63, 3.8) is 0 Å². The monoisotopic (exact) mass is 662 g/mol. The van der Waals surface area contributed by atoms with Crippen molar-refractivity contribution < 1.29 is 37.0 Å². The fourth-order valence-electron chi connectivity index (χ4n) is 7.36. The van der Waals surface area contributed by atoms with Crippen LogP contribution < -0.4 is 9.64 Å². The van der Waals surface area contributed by atoms with Gasteiger partial charge >= 0.3 is 11.9 Å². The number of anilines is 1. The van der Waals surface area contributed by atoms with Crippen LogP contribution in [0.25, 0.3) is 33.1 Å². The van der Waals surface area contributed by atoms with Crippen molar-refractivity contribution >= 4 is 50.8 Å². The number of imidazole rings is 1. The molecule has 0 unspecified atom stereocenters. The Hall–Kier alpha value is -4.88. The SMILES string of the molecule is O=C(O)[C@@H]1C[C@H]2CN1c1nc(nc3c1oc1cc(F)ccc13)C(F)(F)CCCCCC(=O)N1CCC(CC1)n1c(nc3ccccc31)O2. The molecule has 3 aromatic heterocycles. The molecule has 250 valence electrons. The Morgan fingerprint density at radius 3 is 2.65 bits per heavy atom. The number of benzene rings is 2. The number of alkyl halides is 2. The molecule has 9 rings (SSSR count). The average molecular weight is 663 g/mol. The summed E-state index contributed by atoms with van der Waals surface area (Å²) in [4.78, 5) is 42.2. The number of ether oxygens (including phenoxy) is 1. The standard InChI is InChI=1S/C34H33F3N6O5/c35-19-9-10-22-26(16-19)48-29-28(22)39-32-34(36,37)13-5-1-2-8-27(44)41-14-11-20(12-15-41)43-24-7-4-3-6-23(24)38-33(43)47-21-17-25(31(45)46)42(18-21)30(29)40-32/h3-4,6-7,9-10,16,20-21,25H,1-2,5,8,11-15,17-18H2,(H,45,46)/t21-,25-/m0/s1. The summed E-state index contributed by atoms with van der Waals surface area (Å²) in [5, 5.41) is 10.7. The van der Waals surface area contributed by atoms with Gasteiger partial charge in [-0.3, -0.25) is 9.36 Å². The summed E-state index contributed by atoms with van der Waals surface area (Å²) in [6.07, 6.45) is 1.39. The number of fused-ring (bicyclic) bond motifs is 12. The van der Waals surface area contributed by atoms with Gasteiger partial charge in [0.25, 0.3) is 6.01 Å². The van der Waals surface area contributed by atoms with Crippen LogP contribution in [0, 0.1) is 5.82 Å². The van der Waals surface area contributed by atoms with Crippen LogP contribution in [0.15, 0.2) is 46.9 Å². The average Bonchev–Trinajstić information content (AvgIpc) is 3.76. The largest absolute Gasteiger partial charge is 0.480 e. The zero-order valence-electron chi connectivity index (χ0n) is 25.9. The zero-order chi connectivity index (χ0) is 33.2. The first-order valence-electron chi connectivity index (χ1n) is 16.4. The summed E-state index contributed by atoms with van der Waals surface area (Å²) < 4.78 is 60.4. The first kappa shape index (κ1) is 30.5. The second-order valence-corrected chi connectivity index (χ2v) is 12.9. The molecule has 2 aromatic carbocycles. The number of nitrogens with zero attached hydrogens (tertiary/aromatic N) is 6. The molecule has 4 aliphatic rings. The Labute approximate surface area is 272 Å². The fourth-order valence-corrected chi connectivity index (χ4v) is 7.36. The number of rotatable bonds is 1. The van der Waals surface area contributed by atoms with Crippen molar-refractivity contribution in [2.45, 2.75) is 75.5 Å². The summed E-state index contributed by atoms with van der Waals surface area (Å²) in [5.41, 5.74) is 1.68. The number of furan rings is 1. The number of carboxylic acid groups (broad SMARTS) is 1. The van der Waals surface area contributed by atoms with E-state index >= 15 is 8.78 Å². The molecular formula is C34H33F3N6O5. The molecule has 0 saturated carbocycles. The third-order valence-corrected chi connectivity index (χ3v) is 9.80. The van der Waals surface area contributed by atoms with E-state index in [0.29, 0.717) is 55.7 Å². The molecule has 5 aromatic rings. The number of carbonyl (C=O) groups is 2. The highest BCUT2D eigenvalue weighted by Gasteiger charge is 2.43. The lowest BCUT2D eigenvalue weighted by atomic mass is 10.0. The van der Waals surface area contributed by atoms with Gasteiger partial charge in [-0.25, -0.2) is 19.2 Å². The molecule has 11 nitrogen and oxygen atoms in total. The Morgan fingerprint density at radius 2 is 1.83 bits per heavy atom. The van der Waals surface area contributed by atoms with E-state index in [1.165, 1.54) is 17.0 Å². The van der Waals surface area contributed by atoms with Gasteiger partial charge < -0.3 is 24.1 Å². The van der Waals surface area contributed by atoms with Crippen LogP contribution >= 0.6 is 0 Å². The van der Waals surface area contributed by atoms with Crippen molar-refractivity contribution in [2.75, 3.05) is 24.5 Å². The van der Waals surface area contributed by atoms with Gasteiger partial charge in [0.2, 0.25) is 11.7 Å². The first-order chi connectivity index (χ1) is 23.2. The van der Waals surface area contributed by atoms with E-state index in [1.54, 1.807) is 0 Å². The van der Waals surface area contributed by atoms with Gasteiger partial charge in [0, 0.05) is 49.8 Å². The topological polar surface area (TPSA) is 127 Å². The Bertz CT molecular complexity index is 2060. The second-order valence-electron chi connectivity index (χ2n) is 12.9. The number of aliphatic carboxylic acids is 1. The molecule has 14 heteroatoms. The van der Waals surface area contributed by atoms with Crippen molar-refractivity contribution in [1.29, 1.82) is 0 Å². The number of amides is 1. The quantitative estimate of drug-likeness (QED) is 0.223. The van der Waals surface area contributed by atoms with E-state index in [9.17, 15) is 19.1 Å². The van der Waals surface area contributed by atoms with Crippen molar-refractivity contribution in [1.82, 2.24) is 24.4 Å². The maximum Gasteiger partial charge on any atom is 0.326 e. The van der Waals surface area contributed by atoms with E-state index in [1.807, 2.05) is 33.7 Å². The number of piperidine rings is 1. The maximum absolute atomic E-state index is 15.9. The predicted molar refractivity (Wildman–Crippen MR) is 169 cm³/mol. The summed E-state index contributed by atoms with van der Waals surface area (Å²) in [6, 6.07) is 10.5. The van der Waals surface area contributed by atoms with E-state index in [-0.39, 0.29) is 60.3 Å². The number of aromatic nitrogens is 4. The molecule has 4 aliphatic heterocycles. The summed E-state index contributed by atoms with van der Waals surface area (Å²) >= 11 is 0. The molecule has 2 fully saturated rings. The number of halogens is 3. The van der Waals surface area contributed by atoms with Crippen LogP contribution in [-0.2, 0) is 15.5 Å². The Balaban J connectivity index is 1.25. The van der Waals surface area contributed by atoms with E-state index in [4.69, 9.17) is 14.1 Å². The van der Waals surface area contributed by atoms with Gasteiger partial charge in [0.15, 0.2) is 11.4 Å². The minimum Gasteiger partial charge on any atom is -0.480 e. The Kier molecular flexibility index (Phi) is 7.40. The van der Waals surface area contributed by atoms with Crippen LogP contribution in [0.1, 0.15) is 63.2 Å². The third-order valence-electron chi connectivity index (χ3n) is 9.80. The van der Waals surface area contributed by atoms with Gasteiger partial charge in [0.05, 0.1) is 17.6 Å². The van der Waals surface area contributed by atoms with Gasteiger partial charge in [-0.05, 0) is 49.9 Å². The first-order valence-corrected chi connectivity index (χ1v) is 16.4. The van der Waals surface area contributed by atoms with Crippen molar-refractivity contribution in [3.8, 4) is 6.01 Å². The zero-order valence-corrected chi connectivity index (χ0v) is 25.9. The number of para-hydroxylation sites is 2. The summed E-state index contributed by atoms with van der Waals surface area (Å²) in [5.74, 6) is -6.14. The minimum absolute atomic E-state index is 0.00274. The van der Waals surface area contributed by atoms with Crippen LogP contribution in [0.4, 0.5) is 19.0 Å². The number of hydrogen-bond donors (Lipinski definition) is 1. The van der Waals surface area contributed by atoms with Crippen LogP contribution in [0.3, 0.4) is 0 Å². The highest BCUT2D eigenvalue weighted by molar-refractivity contribution is 6.06. The fraction of sp³-hybridized carbons (Fsp3) is 0.441. The highest BCUT2D eigenvalue weighted by atomic mass is 19.3. The van der Waals surface area contributed by atoms with Crippen LogP contribution in [0.5, 0.6) is 6.01 Å². The molecule has 1 N–H and O–H groups in total. The molecule has 48 heavy (non-hydrogen) atoms. The van der Waals surface area contributed by atoms with Crippen molar-refractivity contribution in [3.05, 3.63) is 54.1 Å². The van der Waals surface area contributed by atoms with Gasteiger partial charge in [0.1, 0.15) is 29.1 Å². The van der Waals surface area contributed by atoms with E-state index in [0.717, 1.165) is 11.6 Å². The van der Waals surface area contributed by atoms with Crippen molar-refractivity contribution in [2.24, 2.45) is 0 Å². The summed E-state index contributed by atoms with van der Waals surface area (Å²) in [6.45, 7) is 1.08. The molecule has 0 aliphatic carbocycles. The third kappa shape index (κ3) is 5.27.